The summed E-state index contributed by atoms with van der Waals surface area (Å²) in [6.07, 6.45) is 3.88. The molecule has 9 heteroatoms. The highest BCUT2D eigenvalue weighted by Crippen LogP contribution is 2.18. The van der Waals surface area contributed by atoms with Crippen molar-refractivity contribution in [2.24, 2.45) is 0 Å². The summed E-state index contributed by atoms with van der Waals surface area (Å²) in [5.74, 6) is 1.65. The Labute approximate surface area is 165 Å². The minimum Gasteiger partial charge on any atom is -0.352 e. The lowest BCUT2D eigenvalue weighted by Gasteiger charge is -2.35. The fourth-order valence-corrected chi connectivity index (χ4v) is 3.87. The fourth-order valence-electron chi connectivity index (χ4n) is 3.35. The number of benzene rings is 1. The van der Waals surface area contributed by atoms with Gasteiger partial charge < -0.3 is 14.4 Å². The number of rotatable bonds is 3. The van der Waals surface area contributed by atoms with Gasteiger partial charge in [0.25, 0.3) is 5.91 Å². The first-order chi connectivity index (χ1) is 13.8. The summed E-state index contributed by atoms with van der Waals surface area (Å²) in [5, 5.41) is 8.65. The van der Waals surface area contributed by atoms with Crippen LogP contribution in [0.2, 0.25) is 0 Å². The molecule has 0 radical (unpaired) electrons. The first kappa shape index (κ1) is 16.8. The molecule has 4 heterocycles. The van der Waals surface area contributed by atoms with E-state index in [-0.39, 0.29) is 5.91 Å². The zero-order chi connectivity index (χ0) is 18.9. The molecule has 0 aliphatic carbocycles. The van der Waals surface area contributed by atoms with Crippen molar-refractivity contribution in [1.29, 1.82) is 0 Å². The largest absolute Gasteiger partial charge is 0.352 e. The Morgan fingerprint density at radius 1 is 0.857 bits per heavy atom. The van der Waals surface area contributed by atoms with Crippen LogP contribution in [0.3, 0.4) is 0 Å². The Hall–Kier alpha value is -3.33. The van der Waals surface area contributed by atoms with Gasteiger partial charge in [-0.15, -0.1) is 10.2 Å². The van der Waals surface area contributed by atoms with Crippen LogP contribution in [0.1, 0.15) is 10.4 Å². The zero-order valence-corrected chi connectivity index (χ0v) is 15.8. The zero-order valence-electron chi connectivity index (χ0n) is 15.0. The normalized spacial score (nSPS) is 14.6. The van der Waals surface area contributed by atoms with Crippen molar-refractivity contribution in [1.82, 2.24) is 28.4 Å². The van der Waals surface area contributed by atoms with Gasteiger partial charge in [-0.25, -0.2) is 0 Å². The van der Waals surface area contributed by atoms with E-state index in [4.69, 9.17) is 0 Å². The lowest BCUT2D eigenvalue weighted by Crippen LogP contribution is -2.49. The molecule has 1 fully saturated rings. The summed E-state index contributed by atoms with van der Waals surface area (Å²) < 4.78 is 10.3. The Kier molecular flexibility index (Phi) is 4.21. The molecule has 5 rings (SSSR count). The van der Waals surface area contributed by atoms with E-state index in [2.05, 4.69) is 23.8 Å². The van der Waals surface area contributed by atoms with Gasteiger partial charge in [0, 0.05) is 44.1 Å². The van der Waals surface area contributed by atoms with E-state index in [9.17, 15) is 4.79 Å². The Bertz CT molecular complexity index is 1100. The van der Waals surface area contributed by atoms with Crippen LogP contribution in [0.4, 0.5) is 5.82 Å². The molecule has 8 nitrogen and oxygen atoms in total. The molecule has 3 aromatic heterocycles. The van der Waals surface area contributed by atoms with Crippen molar-refractivity contribution in [2.75, 3.05) is 31.1 Å². The van der Waals surface area contributed by atoms with E-state index in [0.29, 0.717) is 18.7 Å². The Morgan fingerprint density at radius 3 is 2.32 bits per heavy atom. The van der Waals surface area contributed by atoms with Gasteiger partial charge in [0.2, 0.25) is 0 Å². The molecule has 140 valence electrons. The van der Waals surface area contributed by atoms with Gasteiger partial charge in [0.15, 0.2) is 11.6 Å². The minimum absolute atomic E-state index is 0.0311. The predicted molar refractivity (Wildman–Crippen MR) is 107 cm³/mol. The molecule has 0 N–H and O–H groups in total. The molecule has 28 heavy (non-hydrogen) atoms. The topological polar surface area (TPSA) is 80.0 Å². The van der Waals surface area contributed by atoms with Crippen LogP contribution in [-0.2, 0) is 0 Å². The molecule has 4 aromatic rings. The molecule has 1 amide bonds. The summed E-state index contributed by atoms with van der Waals surface area (Å²) >= 11 is 1.16. The van der Waals surface area contributed by atoms with Crippen LogP contribution in [0.15, 0.2) is 54.9 Å². The summed E-state index contributed by atoms with van der Waals surface area (Å²) in [5.41, 5.74) is 2.25. The maximum absolute atomic E-state index is 12.8. The maximum atomic E-state index is 12.8. The first-order valence-electron chi connectivity index (χ1n) is 9.01. The number of aromatic nitrogens is 5. The molecule has 0 bridgehead atoms. The number of piperazine rings is 1. The van der Waals surface area contributed by atoms with Gasteiger partial charge in [-0.1, -0.05) is 0 Å². The molecule has 0 saturated carbocycles. The van der Waals surface area contributed by atoms with Gasteiger partial charge in [0.1, 0.15) is 11.0 Å². The minimum atomic E-state index is 0.0311. The molecule has 0 unspecified atom stereocenters. The maximum Gasteiger partial charge on any atom is 0.254 e. The molecular weight excluding hydrogens is 374 g/mol. The van der Waals surface area contributed by atoms with Crippen LogP contribution in [-0.4, -0.2) is 60.5 Å². The van der Waals surface area contributed by atoms with E-state index < -0.39 is 0 Å². The van der Waals surface area contributed by atoms with Crippen LogP contribution in [0, 0.1) is 0 Å². The van der Waals surface area contributed by atoms with Crippen molar-refractivity contribution in [3.05, 3.63) is 60.4 Å². The van der Waals surface area contributed by atoms with Crippen molar-refractivity contribution in [2.45, 2.75) is 0 Å². The first-order valence-corrected chi connectivity index (χ1v) is 9.74. The smallest absolute Gasteiger partial charge is 0.254 e. The number of hydrogen-bond acceptors (Lipinski definition) is 7. The standard InChI is InChI=1S/C19H17N7OS/c27-19(14-3-4-15-16(13-14)23-28-22-15)26-11-9-25(10-12-26)18-6-5-17(20-21-18)24-7-1-2-8-24/h1-8,13H,9-12H2. The van der Waals surface area contributed by atoms with Crippen molar-refractivity contribution in [3.63, 3.8) is 0 Å². The Balaban J connectivity index is 1.25. The second-order valence-electron chi connectivity index (χ2n) is 6.59. The van der Waals surface area contributed by atoms with Crippen LogP contribution < -0.4 is 4.90 Å². The van der Waals surface area contributed by atoms with Crippen LogP contribution in [0.25, 0.3) is 16.9 Å². The second kappa shape index (κ2) is 7.01. The highest BCUT2D eigenvalue weighted by Gasteiger charge is 2.23. The quantitative estimate of drug-likeness (QED) is 0.533. The van der Waals surface area contributed by atoms with E-state index in [0.717, 1.165) is 47.5 Å². The number of nitrogens with zero attached hydrogens (tertiary/aromatic N) is 7. The third-order valence-electron chi connectivity index (χ3n) is 4.90. The summed E-state index contributed by atoms with van der Waals surface area (Å²) in [7, 11) is 0. The van der Waals surface area contributed by atoms with Gasteiger partial charge in [-0.3, -0.25) is 4.79 Å². The number of carbonyl (C=O) groups excluding carboxylic acids is 1. The van der Waals surface area contributed by atoms with Crippen LogP contribution >= 0.6 is 11.7 Å². The average Bonchev–Trinajstić information content (AvgIpc) is 3.45. The van der Waals surface area contributed by atoms with Gasteiger partial charge in [-0.2, -0.15) is 8.75 Å². The molecule has 0 spiro atoms. The lowest BCUT2D eigenvalue weighted by atomic mass is 10.1. The molecule has 1 aliphatic heterocycles. The van der Waals surface area contributed by atoms with Crippen molar-refractivity contribution >= 4 is 34.5 Å². The summed E-state index contributed by atoms with van der Waals surface area (Å²) in [6.45, 7) is 2.74. The molecule has 1 saturated heterocycles. The van der Waals surface area contributed by atoms with Gasteiger partial charge in [0.05, 0.1) is 11.7 Å². The van der Waals surface area contributed by atoms with E-state index in [1.54, 1.807) is 0 Å². The Morgan fingerprint density at radius 2 is 1.57 bits per heavy atom. The highest BCUT2D eigenvalue weighted by molar-refractivity contribution is 7.00. The third kappa shape index (κ3) is 3.09. The number of amides is 1. The molecular formula is C19H17N7OS. The molecule has 1 aliphatic rings. The monoisotopic (exact) mass is 391 g/mol. The van der Waals surface area contributed by atoms with Gasteiger partial charge >= 0.3 is 0 Å². The summed E-state index contributed by atoms with van der Waals surface area (Å²) in [4.78, 5) is 16.8. The number of carbonyl (C=O) groups is 1. The third-order valence-corrected chi connectivity index (χ3v) is 5.45. The number of fused-ring (bicyclic) bond motifs is 1. The van der Waals surface area contributed by atoms with Gasteiger partial charge in [-0.05, 0) is 42.5 Å². The highest BCUT2D eigenvalue weighted by atomic mass is 32.1. The predicted octanol–water partition coefficient (Wildman–Crippen LogP) is 2.23. The number of hydrogen-bond donors (Lipinski definition) is 0. The van der Waals surface area contributed by atoms with Crippen molar-refractivity contribution < 1.29 is 4.79 Å². The molecule has 0 atom stereocenters. The van der Waals surface area contributed by atoms with Crippen LogP contribution in [0.5, 0.6) is 0 Å². The number of anilines is 1. The molecule has 1 aromatic carbocycles. The van der Waals surface area contributed by atoms with E-state index >= 15 is 0 Å². The lowest BCUT2D eigenvalue weighted by molar-refractivity contribution is 0.0746. The van der Waals surface area contributed by atoms with E-state index in [1.807, 2.05) is 64.3 Å². The second-order valence-corrected chi connectivity index (χ2v) is 7.12. The average molecular weight is 391 g/mol. The fraction of sp³-hybridized carbons (Fsp3) is 0.211. The van der Waals surface area contributed by atoms with E-state index in [1.165, 1.54) is 0 Å². The summed E-state index contributed by atoms with van der Waals surface area (Å²) in [6, 6.07) is 13.3. The van der Waals surface area contributed by atoms with Crippen molar-refractivity contribution in [3.8, 4) is 5.82 Å². The SMILES string of the molecule is O=C(c1ccc2nsnc2c1)N1CCN(c2ccc(-n3cccc3)nn2)CC1.